The molecule has 4 heteroatoms. The first-order valence-corrected chi connectivity index (χ1v) is 4.68. The molecule has 1 aromatic rings. The van der Waals surface area contributed by atoms with Crippen LogP contribution < -0.4 is 15.2 Å². The Kier molecular flexibility index (Phi) is 3.91. The Balaban J connectivity index is 3.30. The SMILES string of the molecule is COc1cc(C)cc(OC)c1[C@@H](N)CF. The summed E-state index contributed by atoms with van der Waals surface area (Å²) in [5, 5.41) is 0. The first-order chi connectivity index (χ1) is 7.13. The van der Waals surface area contributed by atoms with Gasteiger partial charge in [-0.25, -0.2) is 4.39 Å². The minimum atomic E-state index is -0.713. The lowest BCUT2D eigenvalue weighted by Crippen LogP contribution is -2.15. The fraction of sp³-hybridized carbons (Fsp3) is 0.455. The highest BCUT2D eigenvalue weighted by atomic mass is 19.1. The lowest BCUT2D eigenvalue weighted by Gasteiger charge is -2.17. The number of benzene rings is 1. The topological polar surface area (TPSA) is 44.5 Å². The number of nitrogens with two attached hydrogens (primary N) is 1. The van der Waals surface area contributed by atoms with Crippen LogP contribution in [0.5, 0.6) is 11.5 Å². The number of halogens is 1. The van der Waals surface area contributed by atoms with Crippen LogP contribution in [0.3, 0.4) is 0 Å². The summed E-state index contributed by atoms with van der Waals surface area (Å²) < 4.78 is 22.9. The molecular weight excluding hydrogens is 197 g/mol. The molecule has 15 heavy (non-hydrogen) atoms. The highest BCUT2D eigenvalue weighted by molar-refractivity contribution is 5.49. The smallest absolute Gasteiger partial charge is 0.127 e. The van der Waals surface area contributed by atoms with Gasteiger partial charge in [0.15, 0.2) is 0 Å². The molecule has 1 rings (SSSR count). The van der Waals surface area contributed by atoms with E-state index in [4.69, 9.17) is 15.2 Å². The molecule has 0 aliphatic rings. The van der Waals surface area contributed by atoms with Gasteiger partial charge in [-0.15, -0.1) is 0 Å². The number of ether oxygens (including phenoxy) is 2. The van der Waals surface area contributed by atoms with E-state index in [1.165, 1.54) is 14.2 Å². The average molecular weight is 213 g/mol. The molecule has 3 nitrogen and oxygen atoms in total. The number of hydrogen-bond donors (Lipinski definition) is 1. The average Bonchev–Trinajstić information content (AvgIpc) is 2.26. The zero-order valence-electron chi connectivity index (χ0n) is 9.21. The van der Waals surface area contributed by atoms with Gasteiger partial charge in [-0.2, -0.15) is 0 Å². The molecule has 0 saturated carbocycles. The molecular formula is C11H16FNO2. The van der Waals surface area contributed by atoms with Crippen LogP contribution in [0.1, 0.15) is 17.2 Å². The third-order valence-corrected chi connectivity index (χ3v) is 2.23. The van der Waals surface area contributed by atoms with E-state index in [1.54, 1.807) is 0 Å². The Morgan fingerprint density at radius 3 is 2.07 bits per heavy atom. The van der Waals surface area contributed by atoms with Gasteiger partial charge in [0.2, 0.25) is 0 Å². The molecule has 1 aromatic carbocycles. The maximum Gasteiger partial charge on any atom is 0.127 e. The predicted octanol–water partition coefficient (Wildman–Crippen LogP) is 1.98. The Morgan fingerprint density at radius 2 is 1.73 bits per heavy atom. The van der Waals surface area contributed by atoms with Crippen LogP contribution in [-0.2, 0) is 0 Å². The van der Waals surface area contributed by atoms with Crippen molar-refractivity contribution in [2.45, 2.75) is 13.0 Å². The van der Waals surface area contributed by atoms with Crippen molar-refractivity contribution in [2.24, 2.45) is 5.73 Å². The maximum absolute atomic E-state index is 12.6. The summed E-state index contributed by atoms with van der Waals surface area (Å²) in [5.41, 5.74) is 7.22. The van der Waals surface area contributed by atoms with Gasteiger partial charge in [-0.05, 0) is 24.6 Å². The fourth-order valence-corrected chi connectivity index (χ4v) is 1.51. The molecule has 0 aromatic heterocycles. The maximum atomic E-state index is 12.6. The van der Waals surface area contributed by atoms with Crippen molar-refractivity contribution in [3.8, 4) is 11.5 Å². The zero-order valence-corrected chi connectivity index (χ0v) is 9.21. The third kappa shape index (κ3) is 2.39. The quantitative estimate of drug-likeness (QED) is 0.831. The number of alkyl halides is 1. The van der Waals surface area contributed by atoms with Crippen LogP contribution in [0, 0.1) is 6.92 Å². The molecule has 0 aliphatic heterocycles. The second-order valence-electron chi connectivity index (χ2n) is 3.34. The van der Waals surface area contributed by atoms with Gasteiger partial charge < -0.3 is 15.2 Å². The third-order valence-electron chi connectivity index (χ3n) is 2.23. The van der Waals surface area contributed by atoms with Crippen molar-refractivity contribution >= 4 is 0 Å². The van der Waals surface area contributed by atoms with E-state index in [9.17, 15) is 4.39 Å². The van der Waals surface area contributed by atoms with Gasteiger partial charge in [0.25, 0.3) is 0 Å². The van der Waals surface area contributed by atoms with E-state index in [1.807, 2.05) is 19.1 Å². The van der Waals surface area contributed by atoms with E-state index >= 15 is 0 Å². The minimum Gasteiger partial charge on any atom is -0.496 e. The Morgan fingerprint density at radius 1 is 1.27 bits per heavy atom. The van der Waals surface area contributed by atoms with Crippen LogP contribution in [0.15, 0.2) is 12.1 Å². The van der Waals surface area contributed by atoms with Gasteiger partial charge in [-0.3, -0.25) is 0 Å². The summed E-state index contributed by atoms with van der Waals surface area (Å²) in [6.45, 7) is 1.27. The number of aryl methyl sites for hydroxylation is 1. The molecule has 0 spiro atoms. The van der Waals surface area contributed by atoms with Gasteiger partial charge in [0, 0.05) is 0 Å². The molecule has 0 amide bonds. The molecule has 0 radical (unpaired) electrons. The predicted molar refractivity (Wildman–Crippen MR) is 57.2 cm³/mol. The Labute approximate surface area is 89.0 Å². The summed E-state index contributed by atoms with van der Waals surface area (Å²) in [6.07, 6.45) is 0. The molecule has 0 saturated heterocycles. The first kappa shape index (κ1) is 11.8. The van der Waals surface area contributed by atoms with Crippen molar-refractivity contribution in [2.75, 3.05) is 20.9 Å². The number of methoxy groups -OCH3 is 2. The summed E-state index contributed by atoms with van der Waals surface area (Å²) in [5.74, 6) is 1.13. The van der Waals surface area contributed by atoms with Crippen molar-refractivity contribution < 1.29 is 13.9 Å². The molecule has 2 N–H and O–H groups in total. The standard InChI is InChI=1S/C11H16FNO2/c1-7-4-9(14-2)11(8(13)6-12)10(5-7)15-3/h4-5,8H,6,13H2,1-3H3/t8-/m0/s1. The van der Waals surface area contributed by atoms with Crippen LogP contribution in [0.4, 0.5) is 4.39 Å². The zero-order chi connectivity index (χ0) is 11.4. The van der Waals surface area contributed by atoms with Gasteiger partial charge in [-0.1, -0.05) is 0 Å². The van der Waals surface area contributed by atoms with Crippen molar-refractivity contribution in [3.63, 3.8) is 0 Å². The molecule has 0 aliphatic carbocycles. The molecule has 0 fully saturated rings. The molecule has 0 heterocycles. The van der Waals surface area contributed by atoms with Crippen molar-refractivity contribution in [1.29, 1.82) is 0 Å². The summed E-state index contributed by atoms with van der Waals surface area (Å²) in [6, 6.07) is 2.91. The summed E-state index contributed by atoms with van der Waals surface area (Å²) >= 11 is 0. The Bertz CT molecular complexity index is 316. The lowest BCUT2D eigenvalue weighted by atomic mass is 10.0. The highest BCUT2D eigenvalue weighted by Gasteiger charge is 2.18. The normalized spacial score (nSPS) is 12.3. The van der Waals surface area contributed by atoms with Gasteiger partial charge in [0.1, 0.15) is 18.2 Å². The molecule has 1 atom stereocenters. The van der Waals surface area contributed by atoms with Crippen LogP contribution in [0.2, 0.25) is 0 Å². The first-order valence-electron chi connectivity index (χ1n) is 4.68. The molecule has 0 unspecified atom stereocenters. The van der Waals surface area contributed by atoms with E-state index in [-0.39, 0.29) is 0 Å². The van der Waals surface area contributed by atoms with E-state index in [0.29, 0.717) is 17.1 Å². The van der Waals surface area contributed by atoms with Crippen LogP contribution in [-0.4, -0.2) is 20.9 Å². The highest BCUT2D eigenvalue weighted by Crippen LogP contribution is 2.34. The van der Waals surface area contributed by atoms with Crippen molar-refractivity contribution in [3.05, 3.63) is 23.3 Å². The number of rotatable bonds is 4. The van der Waals surface area contributed by atoms with Gasteiger partial charge >= 0.3 is 0 Å². The second-order valence-corrected chi connectivity index (χ2v) is 3.34. The molecule has 84 valence electrons. The minimum absolute atomic E-state index is 0.567. The lowest BCUT2D eigenvalue weighted by molar-refractivity contribution is 0.362. The van der Waals surface area contributed by atoms with E-state index < -0.39 is 12.7 Å². The number of hydrogen-bond acceptors (Lipinski definition) is 3. The Hall–Kier alpha value is -1.29. The van der Waals surface area contributed by atoms with Crippen LogP contribution in [0.25, 0.3) is 0 Å². The van der Waals surface area contributed by atoms with Crippen molar-refractivity contribution in [1.82, 2.24) is 0 Å². The second kappa shape index (κ2) is 4.98. The summed E-state index contributed by atoms with van der Waals surface area (Å²) in [4.78, 5) is 0. The van der Waals surface area contributed by atoms with Crippen LogP contribution >= 0.6 is 0 Å². The molecule has 0 bridgehead atoms. The van der Waals surface area contributed by atoms with E-state index in [0.717, 1.165) is 5.56 Å². The van der Waals surface area contributed by atoms with E-state index in [2.05, 4.69) is 0 Å². The fourth-order valence-electron chi connectivity index (χ4n) is 1.51. The summed E-state index contributed by atoms with van der Waals surface area (Å²) in [7, 11) is 3.06. The monoisotopic (exact) mass is 213 g/mol. The van der Waals surface area contributed by atoms with Gasteiger partial charge in [0.05, 0.1) is 25.8 Å². The largest absolute Gasteiger partial charge is 0.496 e.